The Morgan fingerprint density at radius 1 is 1.08 bits per heavy atom. The number of nitrogens with zero attached hydrogens (tertiary/aromatic N) is 1. The maximum absolute atomic E-state index is 4.07. The molecule has 0 unspecified atom stereocenters. The van der Waals surface area contributed by atoms with E-state index in [2.05, 4.69) is 32.3 Å². The normalized spacial score (nSPS) is 9.92. The fraction of sp³-hybridized carbons (Fsp3) is 0.818. The molecule has 1 heteroatoms. The molecule has 0 aromatic heterocycles. The van der Waals surface area contributed by atoms with Gasteiger partial charge in [-0.05, 0) is 19.3 Å². The highest BCUT2D eigenvalue weighted by atomic mass is 15.1. The first-order valence-corrected chi connectivity index (χ1v) is 5.18. The van der Waals surface area contributed by atoms with Gasteiger partial charge in [0.25, 0.3) is 0 Å². The first kappa shape index (κ1) is 11.5. The van der Waals surface area contributed by atoms with Crippen LogP contribution in [0, 0.1) is 0 Å². The minimum Gasteiger partial charge on any atom is -0.375 e. The third-order valence-electron chi connectivity index (χ3n) is 2.13. The van der Waals surface area contributed by atoms with E-state index < -0.39 is 0 Å². The first-order chi connectivity index (χ1) is 5.76. The Hall–Kier alpha value is -0.460. The second kappa shape index (κ2) is 7.20. The third-order valence-corrected chi connectivity index (χ3v) is 2.13. The van der Waals surface area contributed by atoms with Crippen LogP contribution in [-0.4, -0.2) is 18.0 Å². The Morgan fingerprint density at radius 2 is 1.75 bits per heavy atom. The van der Waals surface area contributed by atoms with Crippen molar-refractivity contribution in [3.63, 3.8) is 0 Å². The molecule has 0 aliphatic carbocycles. The summed E-state index contributed by atoms with van der Waals surface area (Å²) in [6, 6.07) is 0. The van der Waals surface area contributed by atoms with Crippen LogP contribution in [0.5, 0.6) is 0 Å². The van der Waals surface area contributed by atoms with Gasteiger partial charge in [0, 0.05) is 18.8 Å². The van der Waals surface area contributed by atoms with Gasteiger partial charge in [0.2, 0.25) is 0 Å². The Balaban J connectivity index is 3.76. The molecule has 72 valence electrons. The zero-order chi connectivity index (χ0) is 9.40. The third kappa shape index (κ3) is 4.42. The van der Waals surface area contributed by atoms with Crippen LogP contribution in [0.2, 0.25) is 0 Å². The van der Waals surface area contributed by atoms with Gasteiger partial charge in [-0.3, -0.25) is 0 Å². The average molecular weight is 169 g/mol. The van der Waals surface area contributed by atoms with E-state index in [0.29, 0.717) is 0 Å². The van der Waals surface area contributed by atoms with Crippen LogP contribution >= 0.6 is 0 Å². The predicted molar refractivity (Wildman–Crippen MR) is 56.2 cm³/mol. The van der Waals surface area contributed by atoms with Gasteiger partial charge in [-0.15, -0.1) is 0 Å². The lowest BCUT2D eigenvalue weighted by atomic mass is 10.2. The summed E-state index contributed by atoms with van der Waals surface area (Å²) >= 11 is 0. The van der Waals surface area contributed by atoms with E-state index >= 15 is 0 Å². The lowest BCUT2D eigenvalue weighted by Crippen LogP contribution is -2.24. The molecule has 0 bridgehead atoms. The van der Waals surface area contributed by atoms with Crippen molar-refractivity contribution in [2.24, 2.45) is 0 Å². The molecule has 1 nitrogen and oxygen atoms in total. The van der Waals surface area contributed by atoms with Crippen LogP contribution in [0.4, 0.5) is 0 Å². The van der Waals surface area contributed by atoms with E-state index in [1.807, 2.05) is 0 Å². The van der Waals surface area contributed by atoms with Crippen molar-refractivity contribution in [3.8, 4) is 0 Å². The van der Waals surface area contributed by atoms with Gasteiger partial charge in [-0.1, -0.05) is 33.8 Å². The molecular weight excluding hydrogens is 146 g/mol. The molecule has 0 N–H and O–H groups in total. The van der Waals surface area contributed by atoms with Crippen molar-refractivity contribution in [1.82, 2.24) is 4.90 Å². The summed E-state index contributed by atoms with van der Waals surface area (Å²) in [4.78, 5) is 2.42. The Morgan fingerprint density at radius 3 is 2.17 bits per heavy atom. The quantitative estimate of drug-likeness (QED) is 0.564. The summed E-state index contributed by atoms with van der Waals surface area (Å²) in [7, 11) is 0. The van der Waals surface area contributed by atoms with Crippen molar-refractivity contribution in [2.45, 2.75) is 46.5 Å². The molecule has 0 rings (SSSR count). The summed E-state index contributed by atoms with van der Waals surface area (Å²) in [6.07, 6.45) is 4.88. The average Bonchev–Trinajstić information content (AvgIpc) is 2.11. The molecular formula is C11H23N. The van der Waals surface area contributed by atoms with E-state index in [0.717, 1.165) is 6.42 Å². The van der Waals surface area contributed by atoms with E-state index in [9.17, 15) is 0 Å². The summed E-state index contributed by atoms with van der Waals surface area (Å²) in [5.74, 6) is 0. The lowest BCUT2D eigenvalue weighted by molar-refractivity contribution is 0.330. The molecule has 0 saturated heterocycles. The van der Waals surface area contributed by atoms with Crippen LogP contribution in [0.25, 0.3) is 0 Å². The van der Waals surface area contributed by atoms with E-state index in [1.54, 1.807) is 0 Å². The van der Waals surface area contributed by atoms with E-state index in [1.165, 1.54) is 38.0 Å². The van der Waals surface area contributed by atoms with Crippen molar-refractivity contribution in [2.75, 3.05) is 13.1 Å². The number of hydrogen-bond acceptors (Lipinski definition) is 1. The molecule has 0 fully saturated rings. The van der Waals surface area contributed by atoms with Gasteiger partial charge in [0.15, 0.2) is 0 Å². The molecule has 0 radical (unpaired) electrons. The van der Waals surface area contributed by atoms with Crippen LogP contribution in [0.1, 0.15) is 46.5 Å². The second-order valence-electron chi connectivity index (χ2n) is 3.26. The molecule has 0 spiro atoms. The van der Waals surface area contributed by atoms with Gasteiger partial charge < -0.3 is 4.90 Å². The van der Waals surface area contributed by atoms with E-state index in [4.69, 9.17) is 0 Å². The van der Waals surface area contributed by atoms with Crippen molar-refractivity contribution >= 4 is 0 Å². The standard InChI is InChI=1S/C11H23N/c1-5-8-10-12(9-6-2)11(4)7-3/h4-10H2,1-3H3. The maximum Gasteiger partial charge on any atom is 0.0174 e. The van der Waals surface area contributed by atoms with Crippen molar-refractivity contribution < 1.29 is 0 Å². The van der Waals surface area contributed by atoms with Gasteiger partial charge >= 0.3 is 0 Å². The van der Waals surface area contributed by atoms with E-state index in [-0.39, 0.29) is 0 Å². The summed E-state index contributed by atoms with van der Waals surface area (Å²) in [5.41, 5.74) is 1.30. The fourth-order valence-electron chi connectivity index (χ4n) is 1.27. The second-order valence-corrected chi connectivity index (χ2v) is 3.26. The molecule has 0 amide bonds. The van der Waals surface area contributed by atoms with Crippen LogP contribution < -0.4 is 0 Å². The predicted octanol–water partition coefficient (Wildman–Crippen LogP) is 3.42. The number of allylic oxidation sites excluding steroid dienone is 1. The van der Waals surface area contributed by atoms with Gasteiger partial charge in [-0.2, -0.15) is 0 Å². The largest absolute Gasteiger partial charge is 0.375 e. The highest BCUT2D eigenvalue weighted by Gasteiger charge is 2.02. The number of unbranched alkanes of at least 4 members (excludes halogenated alkanes) is 1. The summed E-state index contributed by atoms with van der Waals surface area (Å²) < 4.78 is 0. The molecule has 0 aromatic carbocycles. The van der Waals surface area contributed by atoms with Gasteiger partial charge in [0.1, 0.15) is 0 Å². The molecule has 0 aromatic rings. The Kier molecular flexibility index (Phi) is 6.93. The zero-order valence-corrected chi connectivity index (χ0v) is 8.90. The maximum atomic E-state index is 4.07. The Bertz CT molecular complexity index is 118. The lowest BCUT2D eigenvalue weighted by Gasteiger charge is -2.25. The first-order valence-electron chi connectivity index (χ1n) is 5.18. The van der Waals surface area contributed by atoms with Crippen LogP contribution in [0.15, 0.2) is 12.3 Å². The van der Waals surface area contributed by atoms with Crippen molar-refractivity contribution in [3.05, 3.63) is 12.3 Å². The van der Waals surface area contributed by atoms with Gasteiger partial charge in [-0.25, -0.2) is 0 Å². The molecule has 0 saturated carbocycles. The smallest absolute Gasteiger partial charge is 0.0174 e. The SMILES string of the molecule is C=C(CC)N(CCC)CCCC. The van der Waals surface area contributed by atoms with Crippen molar-refractivity contribution in [1.29, 1.82) is 0 Å². The summed E-state index contributed by atoms with van der Waals surface area (Å²) in [5, 5.41) is 0. The monoisotopic (exact) mass is 169 g/mol. The topological polar surface area (TPSA) is 3.24 Å². The zero-order valence-electron chi connectivity index (χ0n) is 8.90. The molecule has 0 atom stereocenters. The van der Waals surface area contributed by atoms with Gasteiger partial charge in [0.05, 0.1) is 0 Å². The highest BCUT2D eigenvalue weighted by molar-refractivity contribution is 4.92. The molecule has 0 aliphatic rings. The number of rotatable bonds is 7. The fourth-order valence-corrected chi connectivity index (χ4v) is 1.27. The molecule has 0 heterocycles. The summed E-state index contributed by atoms with van der Waals surface area (Å²) in [6.45, 7) is 13.1. The van der Waals surface area contributed by atoms with Crippen LogP contribution in [-0.2, 0) is 0 Å². The highest BCUT2D eigenvalue weighted by Crippen LogP contribution is 2.08. The van der Waals surface area contributed by atoms with Crippen LogP contribution in [0.3, 0.4) is 0 Å². The molecule has 12 heavy (non-hydrogen) atoms. The number of hydrogen-bond donors (Lipinski definition) is 0. The Labute approximate surface area is 77.5 Å². The minimum atomic E-state index is 1.09. The molecule has 0 aliphatic heterocycles. The minimum absolute atomic E-state index is 1.09.